The Morgan fingerprint density at radius 3 is 2.44 bits per heavy atom. The molecule has 0 saturated carbocycles. The zero-order valence-corrected chi connectivity index (χ0v) is 17.6. The summed E-state index contributed by atoms with van der Waals surface area (Å²) in [6, 6.07) is 13.5. The summed E-state index contributed by atoms with van der Waals surface area (Å²) in [4.78, 5) is 15.4. The summed E-state index contributed by atoms with van der Waals surface area (Å²) in [6.07, 6.45) is 0. The van der Waals surface area contributed by atoms with Gasteiger partial charge in [0.05, 0.1) is 0 Å². The number of hydrogen-bond acceptors (Lipinski definition) is 4. The van der Waals surface area contributed by atoms with Gasteiger partial charge in [0, 0.05) is 32.7 Å². The number of ether oxygens (including phenoxy) is 2. The number of nitrogens with zero attached hydrogens (tertiary/aromatic N) is 1. The Labute approximate surface area is 175 Å². The van der Waals surface area contributed by atoms with E-state index < -0.39 is 0 Å². The summed E-state index contributed by atoms with van der Waals surface area (Å²) in [5, 5.41) is 9.31. The first kappa shape index (κ1) is 20.8. The van der Waals surface area contributed by atoms with Crippen molar-refractivity contribution in [3.05, 3.63) is 53.6 Å². The Hall–Kier alpha value is -2.49. The van der Waals surface area contributed by atoms with Gasteiger partial charge in [0.1, 0.15) is 0 Å². The number of amides is 1. The van der Waals surface area contributed by atoms with Crippen LogP contribution in [0.5, 0.6) is 11.5 Å². The number of rotatable bonds is 5. The van der Waals surface area contributed by atoms with E-state index in [0.29, 0.717) is 19.0 Å². The normalized spacial score (nSPS) is 12.1. The van der Waals surface area contributed by atoms with E-state index in [9.17, 15) is 4.79 Å². The van der Waals surface area contributed by atoms with Gasteiger partial charge in [-0.1, -0.05) is 18.2 Å². The van der Waals surface area contributed by atoms with Crippen LogP contribution in [0, 0.1) is 0 Å². The van der Waals surface area contributed by atoms with Crippen LogP contribution in [0.15, 0.2) is 47.5 Å². The Bertz CT molecular complexity index is 826. The van der Waals surface area contributed by atoms with Gasteiger partial charge in [-0.25, -0.2) is 0 Å². The first-order valence-corrected chi connectivity index (χ1v) is 8.33. The Morgan fingerprint density at radius 2 is 1.74 bits per heavy atom. The number of halogens is 1. The minimum absolute atomic E-state index is 0. The summed E-state index contributed by atoms with van der Waals surface area (Å²) < 4.78 is 10.7. The maximum absolute atomic E-state index is 11.2. The number of carbonyl (C=O) groups is 1. The van der Waals surface area contributed by atoms with Gasteiger partial charge >= 0.3 is 0 Å². The topological polar surface area (TPSA) is 84.0 Å². The molecular formula is C19H23IN4O3. The highest BCUT2D eigenvalue weighted by molar-refractivity contribution is 14.0. The number of guanidine groups is 1. The highest BCUT2D eigenvalue weighted by atomic mass is 127. The van der Waals surface area contributed by atoms with Crippen LogP contribution in [0.25, 0.3) is 0 Å². The van der Waals surface area contributed by atoms with E-state index in [4.69, 9.17) is 9.47 Å². The average molecular weight is 482 g/mol. The third-order valence-corrected chi connectivity index (χ3v) is 3.83. The average Bonchev–Trinajstić information content (AvgIpc) is 3.09. The molecule has 0 fully saturated rings. The molecule has 27 heavy (non-hydrogen) atoms. The van der Waals surface area contributed by atoms with Crippen molar-refractivity contribution in [2.45, 2.75) is 20.0 Å². The molecule has 3 N–H and O–H groups in total. The monoisotopic (exact) mass is 482 g/mol. The minimum atomic E-state index is -0.0867. The zero-order valence-electron chi connectivity index (χ0n) is 15.2. The lowest BCUT2D eigenvalue weighted by molar-refractivity contribution is -0.114. The predicted octanol–water partition coefficient (Wildman–Crippen LogP) is 2.86. The highest BCUT2D eigenvalue weighted by Gasteiger charge is 2.13. The summed E-state index contributed by atoms with van der Waals surface area (Å²) in [5.74, 6) is 2.14. The quantitative estimate of drug-likeness (QED) is 0.347. The van der Waals surface area contributed by atoms with Crippen LogP contribution in [0.4, 0.5) is 5.69 Å². The van der Waals surface area contributed by atoms with Crippen molar-refractivity contribution in [2.24, 2.45) is 4.99 Å². The molecule has 2 aromatic rings. The maximum atomic E-state index is 11.2. The third kappa shape index (κ3) is 6.02. The van der Waals surface area contributed by atoms with Crippen molar-refractivity contribution in [3.63, 3.8) is 0 Å². The fraction of sp³-hybridized carbons (Fsp3) is 0.263. The number of carbonyl (C=O) groups excluding carboxylic acids is 1. The van der Waals surface area contributed by atoms with Crippen LogP contribution in [0.1, 0.15) is 18.1 Å². The van der Waals surface area contributed by atoms with Gasteiger partial charge in [-0.3, -0.25) is 9.79 Å². The summed E-state index contributed by atoms with van der Waals surface area (Å²) in [7, 11) is 1.72. The second kappa shape index (κ2) is 10.0. The molecule has 144 valence electrons. The predicted molar refractivity (Wildman–Crippen MR) is 116 cm³/mol. The summed E-state index contributed by atoms with van der Waals surface area (Å²) in [6.45, 7) is 2.97. The van der Waals surface area contributed by atoms with E-state index in [2.05, 4.69) is 20.9 Å². The van der Waals surface area contributed by atoms with Gasteiger partial charge in [0.2, 0.25) is 12.7 Å². The molecule has 0 spiro atoms. The van der Waals surface area contributed by atoms with Crippen molar-refractivity contribution in [3.8, 4) is 11.5 Å². The molecular weight excluding hydrogens is 459 g/mol. The molecule has 3 rings (SSSR count). The molecule has 2 aromatic carbocycles. The number of fused-ring (bicyclic) bond motifs is 1. The first-order chi connectivity index (χ1) is 12.6. The third-order valence-electron chi connectivity index (χ3n) is 3.83. The van der Waals surface area contributed by atoms with Crippen molar-refractivity contribution >= 4 is 41.5 Å². The summed E-state index contributed by atoms with van der Waals surface area (Å²) >= 11 is 0. The van der Waals surface area contributed by atoms with Crippen molar-refractivity contribution in [2.75, 3.05) is 19.2 Å². The van der Waals surface area contributed by atoms with Crippen LogP contribution in [-0.4, -0.2) is 25.7 Å². The maximum Gasteiger partial charge on any atom is 0.231 e. The van der Waals surface area contributed by atoms with E-state index in [1.807, 2.05) is 42.5 Å². The lowest BCUT2D eigenvalue weighted by Gasteiger charge is -2.13. The van der Waals surface area contributed by atoms with E-state index in [1.54, 1.807) is 7.05 Å². The van der Waals surface area contributed by atoms with Gasteiger partial charge in [-0.15, -0.1) is 24.0 Å². The second-order valence-corrected chi connectivity index (χ2v) is 5.85. The lowest BCUT2D eigenvalue weighted by Crippen LogP contribution is -2.36. The van der Waals surface area contributed by atoms with E-state index in [1.165, 1.54) is 6.92 Å². The molecule has 1 heterocycles. The smallest absolute Gasteiger partial charge is 0.231 e. The van der Waals surface area contributed by atoms with Gasteiger partial charge in [0.15, 0.2) is 17.5 Å². The number of nitrogens with one attached hydrogen (secondary N) is 3. The molecule has 0 unspecified atom stereocenters. The minimum Gasteiger partial charge on any atom is -0.454 e. The standard InChI is InChI=1S/C19H22N4O3.HI/c1-13(24)23-16-5-3-4-14(8-16)10-21-19(20-2)22-11-15-6-7-17-18(9-15)26-12-25-17;/h3-9H,10-12H2,1-2H3,(H,23,24)(H2,20,21,22);1H. The van der Waals surface area contributed by atoms with Crippen LogP contribution >= 0.6 is 24.0 Å². The number of anilines is 1. The lowest BCUT2D eigenvalue weighted by atomic mass is 10.2. The highest BCUT2D eigenvalue weighted by Crippen LogP contribution is 2.32. The van der Waals surface area contributed by atoms with Crippen molar-refractivity contribution < 1.29 is 14.3 Å². The van der Waals surface area contributed by atoms with Crippen LogP contribution < -0.4 is 25.4 Å². The van der Waals surface area contributed by atoms with Gasteiger partial charge in [0.25, 0.3) is 0 Å². The van der Waals surface area contributed by atoms with Crippen LogP contribution in [-0.2, 0) is 17.9 Å². The molecule has 8 heteroatoms. The van der Waals surface area contributed by atoms with E-state index in [0.717, 1.165) is 28.3 Å². The molecule has 1 amide bonds. The van der Waals surface area contributed by atoms with Crippen LogP contribution in [0.2, 0.25) is 0 Å². The molecule has 0 aliphatic carbocycles. The Morgan fingerprint density at radius 1 is 1.04 bits per heavy atom. The van der Waals surface area contributed by atoms with Gasteiger partial charge < -0.3 is 25.4 Å². The van der Waals surface area contributed by atoms with E-state index >= 15 is 0 Å². The molecule has 0 radical (unpaired) electrons. The van der Waals surface area contributed by atoms with E-state index in [-0.39, 0.29) is 36.7 Å². The molecule has 0 bridgehead atoms. The molecule has 0 atom stereocenters. The van der Waals surface area contributed by atoms with Gasteiger partial charge in [-0.05, 0) is 35.4 Å². The zero-order chi connectivity index (χ0) is 18.4. The molecule has 0 aromatic heterocycles. The van der Waals surface area contributed by atoms with Crippen molar-refractivity contribution in [1.29, 1.82) is 0 Å². The first-order valence-electron chi connectivity index (χ1n) is 8.33. The largest absolute Gasteiger partial charge is 0.454 e. The Balaban J connectivity index is 0.00000261. The second-order valence-electron chi connectivity index (χ2n) is 5.85. The van der Waals surface area contributed by atoms with Gasteiger partial charge in [-0.2, -0.15) is 0 Å². The summed E-state index contributed by atoms with van der Waals surface area (Å²) in [5.41, 5.74) is 2.90. The SMILES string of the molecule is CN=C(NCc1cccc(NC(C)=O)c1)NCc1ccc2c(c1)OCO2.I. The fourth-order valence-electron chi connectivity index (χ4n) is 2.61. The Kier molecular flexibility index (Phi) is 7.71. The molecule has 0 saturated heterocycles. The fourth-order valence-corrected chi connectivity index (χ4v) is 2.61. The number of aliphatic imine (C=N–C) groups is 1. The number of hydrogen-bond donors (Lipinski definition) is 3. The van der Waals surface area contributed by atoms with Crippen molar-refractivity contribution in [1.82, 2.24) is 10.6 Å². The van der Waals surface area contributed by atoms with Crippen LogP contribution in [0.3, 0.4) is 0 Å². The molecule has 7 nitrogen and oxygen atoms in total. The molecule has 1 aliphatic rings. The number of benzene rings is 2. The molecule has 1 aliphatic heterocycles.